The van der Waals surface area contributed by atoms with Gasteiger partial charge in [-0.3, -0.25) is 0 Å². The highest BCUT2D eigenvalue weighted by Crippen LogP contribution is 2.35. The van der Waals surface area contributed by atoms with Crippen molar-refractivity contribution in [2.45, 2.75) is 32.2 Å². The number of hydrogen-bond donors (Lipinski definition) is 2. The summed E-state index contributed by atoms with van der Waals surface area (Å²) in [5.74, 6) is 1.38. The monoisotopic (exact) mass is 253 g/mol. The van der Waals surface area contributed by atoms with E-state index in [1.54, 1.807) is 14.2 Å². The van der Waals surface area contributed by atoms with Crippen LogP contribution in [0.4, 0.5) is 0 Å². The molecule has 18 heavy (non-hydrogen) atoms. The van der Waals surface area contributed by atoms with Crippen LogP contribution in [0.5, 0.6) is 11.5 Å². The lowest BCUT2D eigenvalue weighted by Crippen LogP contribution is -2.34. The summed E-state index contributed by atoms with van der Waals surface area (Å²) in [6, 6.07) is 3.85. The molecule has 0 aliphatic carbocycles. The highest BCUT2D eigenvalue weighted by molar-refractivity contribution is 5.49. The largest absolute Gasteiger partial charge is 0.493 e. The van der Waals surface area contributed by atoms with Gasteiger partial charge < -0.3 is 20.3 Å². The van der Waals surface area contributed by atoms with E-state index in [0.29, 0.717) is 17.9 Å². The Labute approximate surface area is 109 Å². The third-order valence-electron chi connectivity index (χ3n) is 3.20. The molecule has 0 aromatic heterocycles. The predicted octanol–water partition coefficient (Wildman–Crippen LogP) is 1.96. The Balaban J connectivity index is 3.15. The Bertz CT molecular complexity index is 402. The van der Waals surface area contributed by atoms with Gasteiger partial charge in [0.15, 0.2) is 11.5 Å². The number of aryl methyl sites for hydroxylation is 1. The summed E-state index contributed by atoms with van der Waals surface area (Å²) in [6.07, 6.45) is 1.40. The molecule has 0 fully saturated rings. The van der Waals surface area contributed by atoms with E-state index in [2.05, 4.69) is 0 Å². The third-order valence-corrected chi connectivity index (χ3v) is 3.20. The van der Waals surface area contributed by atoms with Crippen molar-refractivity contribution in [1.82, 2.24) is 0 Å². The van der Waals surface area contributed by atoms with Crippen molar-refractivity contribution < 1.29 is 14.6 Å². The molecule has 0 amide bonds. The highest BCUT2D eigenvalue weighted by atomic mass is 16.5. The molecular formula is C14H23NO3. The third kappa shape index (κ3) is 3.15. The Hall–Kier alpha value is -1.26. The SMILES string of the molecule is COc1cc(C)c(C(C)(N)CCCO)cc1OC. The van der Waals surface area contributed by atoms with Crippen LogP contribution in [0.2, 0.25) is 0 Å². The van der Waals surface area contributed by atoms with E-state index < -0.39 is 5.54 Å². The zero-order valence-electron chi connectivity index (χ0n) is 11.6. The number of ether oxygens (including phenoxy) is 2. The van der Waals surface area contributed by atoms with Crippen molar-refractivity contribution in [2.24, 2.45) is 5.73 Å². The number of nitrogens with two attached hydrogens (primary N) is 1. The van der Waals surface area contributed by atoms with Gasteiger partial charge in [-0.25, -0.2) is 0 Å². The number of benzene rings is 1. The molecule has 0 heterocycles. The topological polar surface area (TPSA) is 64.7 Å². The van der Waals surface area contributed by atoms with Gasteiger partial charge in [0.2, 0.25) is 0 Å². The van der Waals surface area contributed by atoms with Gasteiger partial charge in [-0.05, 0) is 49.9 Å². The van der Waals surface area contributed by atoms with E-state index in [9.17, 15) is 0 Å². The van der Waals surface area contributed by atoms with E-state index in [-0.39, 0.29) is 6.61 Å². The summed E-state index contributed by atoms with van der Waals surface area (Å²) < 4.78 is 10.6. The van der Waals surface area contributed by atoms with Crippen molar-refractivity contribution >= 4 is 0 Å². The summed E-state index contributed by atoms with van der Waals surface area (Å²) in [6.45, 7) is 4.12. The van der Waals surface area contributed by atoms with Crippen LogP contribution in [0.3, 0.4) is 0 Å². The van der Waals surface area contributed by atoms with Crippen molar-refractivity contribution in [2.75, 3.05) is 20.8 Å². The number of aliphatic hydroxyl groups is 1. The van der Waals surface area contributed by atoms with Crippen LogP contribution in [0.25, 0.3) is 0 Å². The average Bonchev–Trinajstić information content (AvgIpc) is 2.35. The van der Waals surface area contributed by atoms with Gasteiger partial charge in [0.25, 0.3) is 0 Å². The molecule has 4 heteroatoms. The van der Waals surface area contributed by atoms with Gasteiger partial charge >= 0.3 is 0 Å². The Morgan fingerprint density at radius 1 is 1.22 bits per heavy atom. The van der Waals surface area contributed by atoms with Gasteiger partial charge in [0.1, 0.15) is 0 Å². The molecule has 1 unspecified atom stereocenters. The minimum atomic E-state index is -0.480. The molecular weight excluding hydrogens is 230 g/mol. The summed E-state index contributed by atoms with van der Waals surface area (Å²) in [7, 11) is 3.23. The van der Waals surface area contributed by atoms with Crippen LogP contribution >= 0.6 is 0 Å². The molecule has 0 radical (unpaired) electrons. The second kappa shape index (κ2) is 6.07. The second-order valence-electron chi connectivity index (χ2n) is 4.77. The predicted molar refractivity (Wildman–Crippen MR) is 72.1 cm³/mol. The van der Waals surface area contributed by atoms with Crippen molar-refractivity contribution in [3.63, 3.8) is 0 Å². The van der Waals surface area contributed by atoms with Crippen LogP contribution in [0, 0.1) is 6.92 Å². The normalized spacial score (nSPS) is 14.1. The molecule has 1 rings (SSSR count). The number of aliphatic hydroxyl groups excluding tert-OH is 1. The number of hydrogen-bond acceptors (Lipinski definition) is 4. The van der Waals surface area contributed by atoms with Crippen molar-refractivity contribution in [3.05, 3.63) is 23.3 Å². The molecule has 102 valence electrons. The van der Waals surface area contributed by atoms with E-state index in [1.165, 1.54) is 0 Å². The Morgan fingerprint density at radius 2 is 1.78 bits per heavy atom. The first-order chi connectivity index (χ1) is 8.46. The molecule has 0 aliphatic heterocycles. The molecule has 0 saturated carbocycles. The first-order valence-corrected chi connectivity index (χ1v) is 6.09. The van der Waals surface area contributed by atoms with E-state index in [0.717, 1.165) is 17.5 Å². The quantitative estimate of drug-likeness (QED) is 0.813. The molecule has 3 N–H and O–H groups in total. The van der Waals surface area contributed by atoms with Crippen LogP contribution in [-0.4, -0.2) is 25.9 Å². The standard InChI is InChI=1S/C14H23NO3/c1-10-8-12(17-3)13(18-4)9-11(10)14(2,15)6-5-7-16/h8-9,16H,5-7,15H2,1-4H3. The Kier molecular flexibility index (Phi) is 4.99. The fraction of sp³-hybridized carbons (Fsp3) is 0.571. The van der Waals surface area contributed by atoms with Gasteiger partial charge in [-0.15, -0.1) is 0 Å². The van der Waals surface area contributed by atoms with E-state index >= 15 is 0 Å². The maximum atomic E-state index is 8.93. The van der Waals surface area contributed by atoms with E-state index in [4.69, 9.17) is 20.3 Å². The van der Waals surface area contributed by atoms with Gasteiger partial charge in [0, 0.05) is 12.1 Å². The number of methoxy groups -OCH3 is 2. The van der Waals surface area contributed by atoms with Gasteiger partial charge in [0.05, 0.1) is 14.2 Å². The molecule has 0 aliphatic rings. The minimum Gasteiger partial charge on any atom is -0.493 e. The zero-order chi connectivity index (χ0) is 13.8. The average molecular weight is 253 g/mol. The lowest BCUT2D eigenvalue weighted by Gasteiger charge is -2.28. The molecule has 4 nitrogen and oxygen atoms in total. The molecule has 0 bridgehead atoms. The molecule has 1 aromatic rings. The van der Waals surface area contributed by atoms with Crippen LogP contribution in [0.1, 0.15) is 30.9 Å². The second-order valence-corrected chi connectivity index (χ2v) is 4.77. The van der Waals surface area contributed by atoms with Crippen LogP contribution < -0.4 is 15.2 Å². The zero-order valence-corrected chi connectivity index (χ0v) is 11.6. The molecule has 0 saturated heterocycles. The highest BCUT2D eigenvalue weighted by Gasteiger charge is 2.24. The lowest BCUT2D eigenvalue weighted by molar-refractivity contribution is 0.265. The van der Waals surface area contributed by atoms with Crippen molar-refractivity contribution in [1.29, 1.82) is 0 Å². The molecule has 1 atom stereocenters. The number of rotatable bonds is 6. The van der Waals surface area contributed by atoms with Gasteiger partial charge in [-0.2, -0.15) is 0 Å². The molecule has 1 aromatic carbocycles. The Morgan fingerprint density at radius 3 is 2.28 bits per heavy atom. The van der Waals surface area contributed by atoms with Crippen molar-refractivity contribution in [3.8, 4) is 11.5 Å². The summed E-state index contributed by atoms with van der Waals surface area (Å²) >= 11 is 0. The smallest absolute Gasteiger partial charge is 0.161 e. The van der Waals surface area contributed by atoms with Crippen LogP contribution in [0.15, 0.2) is 12.1 Å². The first kappa shape index (κ1) is 14.8. The first-order valence-electron chi connectivity index (χ1n) is 6.09. The fourth-order valence-electron chi connectivity index (χ4n) is 2.18. The van der Waals surface area contributed by atoms with E-state index in [1.807, 2.05) is 26.0 Å². The van der Waals surface area contributed by atoms with Crippen LogP contribution in [-0.2, 0) is 5.54 Å². The fourth-order valence-corrected chi connectivity index (χ4v) is 2.18. The lowest BCUT2D eigenvalue weighted by atomic mass is 9.85. The summed E-state index contributed by atoms with van der Waals surface area (Å²) in [5.41, 5.74) is 7.94. The summed E-state index contributed by atoms with van der Waals surface area (Å²) in [5, 5.41) is 8.93. The minimum absolute atomic E-state index is 0.152. The molecule has 0 spiro atoms. The maximum Gasteiger partial charge on any atom is 0.161 e. The summed E-state index contributed by atoms with van der Waals surface area (Å²) in [4.78, 5) is 0. The maximum absolute atomic E-state index is 8.93. The van der Waals surface area contributed by atoms with Gasteiger partial charge in [-0.1, -0.05) is 0 Å².